The molecule has 3 fully saturated rings. The highest BCUT2D eigenvalue weighted by Crippen LogP contribution is 2.40. The Labute approximate surface area is 260 Å². The van der Waals surface area contributed by atoms with Crippen LogP contribution in [0, 0.1) is 11.8 Å². The lowest BCUT2D eigenvalue weighted by molar-refractivity contribution is -0.311. The number of nitrogens with one attached hydrogen (secondary N) is 2. The zero-order valence-corrected chi connectivity index (χ0v) is 27.3. The second-order valence-corrected chi connectivity index (χ2v) is 14.4. The third kappa shape index (κ3) is 9.38. The monoisotopic (exact) mass is 633 g/mol. The molecule has 3 aliphatic rings. The first kappa shape index (κ1) is 36.7. The Morgan fingerprint density at radius 1 is 0.909 bits per heavy atom. The van der Waals surface area contributed by atoms with Crippen molar-refractivity contribution in [2.24, 2.45) is 17.6 Å². The number of amides is 2. The lowest BCUT2D eigenvalue weighted by Gasteiger charge is -2.51. The van der Waals surface area contributed by atoms with Crippen LogP contribution in [-0.2, 0) is 23.7 Å². The van der Waals surface area contributed by atoms with E-state index >= 15 is 0 Å². The molecule has 0 aromatic heterocycles. The number of hydrogen-bond donors (Lipinski definition) is 7. The molecule has 14 nitrogen and oxygen atoms in total. The summed E-state index contributed by atoms with van der Waals surface area (Å²) in [5.41, 5.74) is 4.97. The molecule has 0 aromatic carbocycles. The molecule has 0 radical (unpaired) electrons. The highest BCUT2D eigenvalue weighted by molar-refractivity contribution is 5.68. The predicted molar refractivity (Wildman–Crippen MR) is 158 cm³/mol. The average molecular weight is 634 g/mol. The summed E-state index contributed by atoms with van der Waals surface area (Å²) in [4.78, 5) is 25.4. The molecule has 3 rings (SSSR count). The first-order chi connectivity index (χ1) is 20.3. The van der Waals surface area contributed by atoms with Crippen LogP contribution in [0.15, 0.2) is 0 Å². The number of aliphatic hydroxyl groups excluding tert-OH is 4. The van der Waals surface area contributed by atoms with Crippen molar-refractivity contribution < 1.29 is 53.7 Å². The summed E-state index contributed by atoms with van der Waals surface area (Å²) >= 11 is 0. The second-order valence-electron chi connectivity index (χ2n) is 14.4. The number of alkyl carbamates (subject to hydrolysis) is 2. The molecule has 2 amide bonds. The Morgan fingerprint density at radius 2 is 1.50 bits per heavy atom. The summed E-state index contributed by atoms with van der Waals surface area (Å²) in [5, 5.41) is 49.1. The molecule has 2 aliphatic heterocycles. The van der Waals surface area contributed by atoms with Crippen molar-refractivity contribution in [2.75, 3.05) is 6.61 Å². The molecular weight excluding hydrogens is 578 g/mol. The maximum atomic E-state index is 12.9. The number of carbonyl (C=O) groups is 2. The summed E-state index contributed by atoms with van der Waals surface area (Å²) < 4.78 is 29.1. The van der Waals surface area contributed by atoms with Gasteiger partial charge in [0.05, 0.1) is 37.1 Å². The van der Waals surface area contributed by atoms with Crippen LogP contribution in [-0.4, -0.2) is 118 Å². The van der Waals surface area contributed by atoms with Gasteiger partial charge in [-0.2, -0.15) is 0 Å². The lowest BCUT2D eigenvalue weighted by Crippen LogP contribution is -2.68. The Hall–Kier alpha value is -1.78. The smallest absolute Gasteiger partial charge is 0.408 e. The fraction of sp³-hybridized carbons (Fsp3) is 0.933. The van der Waals surface area contributed by atoms with Crippen LogP contribution < -0.4 is 16.4 Å². The maximum absolute atomic E-state index is 12.9. The molecule has 8 N–H and O–H groups in total. The van der Waals surface area contributed by atoms with E-state index in [4.69, 9.17) is 29.4 Å². The zero-order chi connectivity index (χ0) is 33.1. The van der Waals surface area contributed by atoms with Gasteiger partial charge in [-0.1, -0.05) is 13.8 Å². The minimum absolute atomic E-state index is 0.0668. The number of ether oxygens (including phenoxy) is 5. The fourth-order valence-electron chi connectivity index (χ4n) is 6.32. The van der Waals surface area contributed by atoms with Crippen molar-refractivity contribution >= 4 is 12.2 Å². The van der Waals surface area contributed by atoms with Crippen molar-refractivity contribution in [3.8, 4) is 0 Å². The average Bonchev–Trinajstić information content (AvgIpc) is 2.88. The van der Waals surface area contributed by atoms with Gasteiger partial charge in [0.2, 0.25) is 0 Å². The van der Waals surface area contributed by atoms with E-state index < -0.39 is 97.0 Å². The highest BCUT2D eigenvalue weighted by atomic mass is 16.7. The van der Waals surface area contributed by atoms with Crippen LogP contribution >= 0.6 is 0 Å². The molecular formula is C30H55N3O11. The van der Waals surface area contributed by atoms with Gasteiger partial charge in [0.15, 0.2) is 6.29 Å². The topological polar surface area (TPSA) is 211 Å². The van der Waals surface area contributed by atoms with E-state index in [1.807, 2.05) is 13.8 Å². The van der Waals surface area contributed by atoms with Crippen molar-refractivity contribution in [1.29, 1.82) is 0 Å². The molecule has 2 heterocycles. The lowest BCUT2D eigenvalue weighted by atomic mass is 9.70. The van der Waals surface area contributed by atoms with Gasteiger partial charge < -0.3 is 60.5 Å². The molecule has 13 atom stereocenters. The van der Waals surface area contributed by atoms with Gasteiger partial charge >= 0.3 is 12.2 Å². The van der Waals surface area contributed by atoms with Crippen LogP contribution in [0.1, 0.15) is 81.1 Å². The van der Waals surface area contributed by atoms with Crippen LogP contribution in [0.25, 0.3) is 0 Å². The van der Waals surface area contributed by atoms with E-state index in [-0.39, 0.29) is 12.0 Å². The molecule has 1 aliphatic carbocycles. The van der Waals surface area contributed by atoms with Gasteiger partial charge in [-0.15, -0.1) is 0 Å². The van der Waals surface area contributed by atoms with Gasteiger partial charge in [0.1, 0.15) is 29.5 Å². The standard InChI is InChI=1S/C30H55N3O11/c1-9-15-10-11-16(31)25(40-15)19-17(32-27(38)43-29(3,4)5)12-14(2)24(22(19)36)42-26-23(37)20(21(35)18(13-34)41-26)33-28(39)44-30(6,7)8/h14-26,34-37H,9-13,31H2,1-8H3,(H,32,38)(H,33,39). The fourth-order valence-corrected chi connectivity index (χ4v) is 6.32. The van der Waals surface area contributed by atoms with E-state index in [0.717, 1.165) is 12.8 Å². The van der Waals surface area contributed by atoms with Crippen LogP contribution in [0.5, 0.6) is 0 Å². The zero-order valence-electron chi connectivity index (χ0n) is 27.3. The molecule has 14 heteroatoms. The molecule has 1 saturated carbocycles. The minimum Gasteiger partial charge on any atom is -0.444 e. The van der Waals surface area contributed by atoms with Gasteiger partial charge in [0, 0.05) is 18.0 Å². The van der Waals surface area contributed by atoms with Crippen molar-refractivity contribution in [3.05, 3.63) is 0 Å². The molecule has 0 aromatic rings. The molecule has 0 bridgehead atoms. The summed E-state index contributed by atoms with van der Waals surface area (Å²) in [6.07, 6.45) is -7.55. The third-order valence-electron chi connectivity index (χ3n) is 8.37. The van der Waals surface area contributed by atoms with E-state index in [9.17, 15) is 30.0 Å². The van der Waals surface area contributed by atoms with Gasteiger partial charge in [-0.3, -0.25) is 0 Å². The molecule has 256 valence electrons. The molecule has 2 saturated heterocycles. The third-order valence-corrected chi connectivity index (χ3v) is 8.37. The Bertz CT molecular complexity index is 958. The van der Waals surface area contributed by atoms with E-state index in [1.165, 1.54) is 0 Å². The van der Waals surface area contributed by atoms with Gasteiger partial charge in [-0.25, -0.2) is 9.59 Å². The SMILES string of the molecule is CCC1CCC(N)C(C2C(NC(=O)OC(C)(C)C)CC(C)C(OC3OC(CO)C(O)C(NC(=O)OC(C)(C)C)C3O)C2O)O1. The first-order valence-electron chi connectivity index (χ1n) is 15.7. The van der Waals surface area contributed by atoms with Crippen LogP contribution in [0.2, 0.25) is 0 Å². The van der Waals surface area contributed by atoms with Crippen molar-refractivity contribution in [1.82, 2.24) is 10.6 Å². The quantitative estimate of drug-likeness (QED) is 0.208. The Balaban J connectivity index is 1.87. The summed E-state index contributed by atoms with van der Waals surface area (Å²) in [7, 11) is 0. The molecule has 13 unspecified atom stereocenters. The second kappa shape index (κ2) is 14.8. The number of aliphatic hydroxyl groups is 4. The molecule has 44 heavy (non-hydrogen) atoms. The normalized spacial score (nSPS) is 40.2. The Morgan fingerprint density at radius 3 is 2.05 bits per heavy atom. The Kier molecular flexibility index (Phi) is 12.3. The first-order valence-corrected chi connectivity index (χ1v) is 15.7. The highest BCUT2D eigenvalue weighted by Gasteiger charge is 2.53. The largest absolute Gasteiger partial charge is 0.444 e. The van der Waals surface area contributed by atoms with Crippen molar-refractivity contribution in [2.45, 2.75) is 159 Å². The summed E-state index contributed by atoms with van der Waals surface area (Å²) in [6, 6.07) is -2.30. The predicted octanol–water partition coefficient (Wildman–Crippen LogP) is 0.899. The van der Waals surface area contributed by atoms with E-state index in [1.54, 1.807) is 41.5 Å². The van der Waals surface area contributed by atoms with Gasteiger partial charge in [0.25, 0.3) is 0 Å². The van der Waals surface area contributed by atoms with E-state index in [0.29, 0.717) is 12.8 Å². The van der Waals surface area contributed by atoms with Crippen LogP contribution in [0.3, 0.4) is 0 Å². The molecule has 0 spiro atoms. The minimum atomic E-state index is -1.59. The van der Waals surface area contributed by atoms with E-state index in [2.05, 4.69) is 10.6 Å². The van der Waals surface area contributed by atoms with Gasteiger partial charge in [-0.05, 0) is 73.1 Å². The summed E-state index contributed by atoms with van der Waals surface area (Å²) in [6.45, 7) is 13.5. The maximum Gasteiger partial charge on any atom is 0.408 e. The number of carbonyl (C=O) groups excluding carboxylic acids is 2. The van der Waals surface area contributed by atoms with Crippen LogP contribution in [0.4, 0.5) is 9.59 Å². The van der Waals surface area contributed by atoms with Crippen molar-refractivity contribution in [3.63, 3.8) is 0 Å². The number of nitrogens with two attached hydrogens (primary N) is 1. The summed E-state index contributed by atoms with van der Waals surface area (Å²) in [5.74, 6) is -1.08. The number of hydrogen-bond acceptors (Lipinski definition) is 12. The number of rotatable bonds is 7.